The van der Waals surface area contributed by atoms with Crippen molar-refractivity contribution in [1.29, 1.82) is 0 Å². The molecule has 0 aliphatic rings. The van der Waals surface area contributed by atoms with E-state index in [0.717, 1.165) is 6.07 Å². The number of carbonyl (C=O) groups excluding carboxylic acids is 2. The number of hydrogen-bond donors (Lipinski definition) is 2. The summed E-state index contributed by atoms with van der Waals surface area (Å²) in [5.41, 5.74) is 5.18. The number of anilines is 1. The molecule has 2 aromatic heterocycles. The topological polar surface area (TPSA) is 111 Å². The van der Waals surface area contributed by atoms with Crippen LogP contribution >= 0.6 is 11.8 Å². The Morgan fingerprint density at radius 2 is 1.81 bits per heavy atom. The van der Waals surface area contributed by atoms with Crippen LogP contribution in [0.4, 0.5) is 14.5 Å². The second-order valence-corrected chi connectivity index (χ2v) is 7.30. The van der Waals surface area contributed by atoms with Crippen LogP contribution in [-0.2, 0) is 5.75 Å². The number of fused-ring (bicyclic) bond motifs is 1. The molecule has 0 unspecified atom stereocenters. The molecule has 0 atom stereocenters. The van der Waals surface area contributed by atoms with Crippen molar-refractivity contribution in [3.63, 3.8) is 0 Å². The third kappa shape index (κ3) is 4.24. The molecule has 3 N–H and O–H groups in total. The van der Waals surface area contributed by atoms with Gasteiger partial charge in [0.05, 0.1) is 11.3 Å². The number of rotatable bonds is 6. The number of nitrogens with two attached hydrogens (primary N) is 1. The van der Waals surface area contributed by atoms with Gasteiger partial charge in [0.25, 0.3) is 11.8 Å². The van der Waals surface area contributed by atoms with Gasteiger partial charge >= 0.3 is 0 Å². The molecule has 2 amide bonds. The quantitative estimate of drug-likeness (QED) is 0.344. The Morgan fingerprint density at radius 1 is 1.06 bits per heavy atom. The summed E-state index contributed by atoms with van der Waals surface area (Å²) in [7, 11) is 0. The van der Waals surface area contributed by atoms with Crippen molar-refractivity contribution in [2.24, 2.45) is 5.73 Å². The van der Waals surface area contributed by atoms with Crippen LogP contribution in [-0.4, -0.2) is 21.8 Å². The molecular formula is C21H14F2N4O3S. The molecule has 0 radical (unpaired) electrons. The van der Waals surface area contributed by atoms with Crippen molar-refractivity contribution in [3.05, 3.63) is 83.4 Å². The summed E-state index contributed by atoms with van der Waals surface area (Å²) in [6, 6.07) is 10.1. The van der Waals surface area contributed by atoms with Gasteiger partial charge in [0.15, 0.2) is 10.9 Å². The largest absolute Gasteiger partial charge is 0.451 e. The van der Waals surface area contributed by atoms with Gasteiger partial charge in [0.2, 0.25) is 0 Å². The highest BCUT2D eigenvalue weighted by Crippen LogP contribution is 2.32. The fraction of sp³-hybridized carbons (Fsp3) is 0.0476. The number of thioether (sulfide) groups is 1. The van der Waals surface area contributed by atoms with E-state index >= 15 is 0 Å². The predicted molar refractivity (Wildman–Crippen MR) is 111 cm³/mol. The number of primary amides is 1. The molecule has 0 aliphatic carbocycles. The van der Waals surface area contributed by atoms with Crippen molar-refractivity contribution in [3.8, 4) is 0 Å². The molecular weight excluding hydrogens is 426 g/mol. The van der Waals surface area contributed by atoms with Gasteiger partial charge in [-0.25, -0.2) is 18.7 Å². The number of furan rings is 1. The highest BCUT2D eigenvalue weighted by molar-refractivity contribution is 7.98. The van der Waals surface area contributed by atoms with Crippen molar-refractivity contribution in [2.45, 2.75) is 10.9 Å². The third-order valence-corrected chi connectivity index (χ3v) is 5.26. The minimum atomic E-state index is -1.12. The average Bonchev–Trinajstić information content (AvgIpc) is 3.13. The molecule has 156 valence electrons. The zero-order valence-corrected chi connectivity index (χ0v) is 16.6. The van der Waals surface area contributed by atoms with Crippen molar-refractivity contribution in [1.82, 2.24) is 9.97 Å². The normalized spacial score (nSPS) is 10.9. The van der Waals surface area contributed by atoms with Gasteiger partial charge in [-0.05, 0) is 18.2 Å². The van der Waals surface area contributed by atoms with E-state index in [-0.39, 0.29) is 5.76 Å². The molecule has 2 heterocycles. The summed E-state index contributed by atoms with van der Waals surface area (Å²) in [4.78, 5) is 32.5. The van der Waals surface area contributed by atoms with Gasteiger partial charge in [-0.15, -0.1) is 0 Å². The molecule has 4 rings (SSSR count). The number of carbonyl (C=O) groups is 2. The van der Waals surface area contributed by atoms with E-state index in [2.05, 4.69) is 15.3 Å². The molecule has 7 nitrogen and oxygen atoms in total. The van der Waals surface area contributed by atoms with Gasteiger partial charge in [0.1, 0.15) is 17.2 Å². The maximum absolute atomic E-state index is 14.2. The fourth-order valence-corrected chi connectivity index (χ4v) is 3.77. The Balaban J connectivity index is 1.68. The number of nitrogens with one attached hydrogen (secondary N) is 1. The molecule has 0 saturated carbocycles. The number of para-hydroxylation sites is 1. The van der Waals surface area contributed by atoms with Crippen LogP contribution in [0.3, 0.4) is 0 Å². The molecule has 2 aromatic carbocycles. The van der Waals surface area contributed by atoms with Gasteiger partial charge < -0.3 is 15.5 Å². The van der Waals surface area contributed by atoms with Gasteiger partial charge in [0, 0.05) is 35.2 Å². The second kappa shape index (κ2) is 8.52. The van der Waals surface area contributed by atoms with E-state index in [0.29, 0.717) is 33.5 Å². The average molecular weight is 440 g/mol. The van der Waals surface area contributed by atoms with Gasteiger partial charge in [-0.1, -0.05) is 30.0 Å². The first-order chi connectivity index (χ1) is 14.9. The van der Waals surface area contributed by atoms with E-state index in [1.807, 2.05) is 0 Å². The number of nitrogens with zero attached hydrogens (tertiary/aromatic N) is 2. The zero-order valence-electron chi connectivity index (χ0n) is 15.8. The summed E-state index contributed by atoms with van der Waals surface area (Å²) in [5, 5.41) is 3.54. The second-order valence-electron chi connectivity index (χ2n) is 6.36. The van der Waals surface area contributed by atoms with Crippen LogP contribution < -0.4 is 11.1 Å². The van der Waals surface area contributed by atoms with Crippen LogP contribution in [0.25, 0.3) is 11.0 Å². The standard InChI is InChI=1S/C21H14F2N4O3S/c22-14-9-15(23)16(8-12(14)19(24)28)27-20(29)18-13(10-31-21-25-6-3-7-26-21)11-4-1-2-5-17(11)30-18/h1-9H,10H2,(H2,24,28)(H,27,29). The van der Waals surface area contributed by atoms with E-state index in [9.17, 15) is 18.4 Å². The lowest BCUT2D eigenvalue weighted by Gasteiger charge is -2.08. The Kier molecular flexibility index (Phi) is 5.63. The van der Waals surface area contributed by atoms with Crippen LogP contribution in [0.2, 0.25) is 0 Å². The zero-order chi connectivity index (χ0) is 22.0. The first-order valence-electron chi connectivity index (χ1n) is 8.94. The van der Waals surface area contributed by atoms with Gasteiger partial charge in [-0.2, -0.15) is 0 Å². The van der Waals surface area contributed by atoms with E-state index in [4.69, 9.17) is 10.2 Å². The number of amides is 2. The number of halogens is 2. The molecule has 0 bridgehead atoms. The summed E-state index contributed by atoms with van der Waals surface area (Å²) in [6.07, 6.45) is 3.20. The first-order valence-corrected chi connectivity index (χ1v) is 9.93. The van der Waals surface area contributed by atoms with Crippen molar-refractivity contribution >= 4 is 40.2 Å². The lowest BCUT2D eigenvalue weighted by molar-refractivity contribution is 0.0986. The first kappa shape index (κ1) is 20.5. The Labute approximate surface area is 178 Å². The molecule has 10 heteroatoms. The minimum Gasteiger partial charge on any atom is -0.451 e. The van der Waals surface area contributed by atoms with Crippen LogP contribution in [0.1, 0.15) is 26.5 Å². The molecule has 4 aromatic rings. The fourth-order valence-electron chi connectivity index (χ4n) is 2.93. The van der Waals surface area contributed by atoms with E-state index < -0.39 is 34.7 Å². The SMILES string of the molecule is NC(=O)c1cc(NC(=O)c2oc3ccccc3c2CSc2ncccn2)c(F)cc1F. The third-order valence-electron chi connectivity index (χ3n) is 4.36. The van der Waals surface area contributed by atoms with Crippen LogP contribution in [0.15, 0.2) is 64.4 Å². The number of benzene rings is 2. The summed E-state index contributed by atoms with van der Waals surface area (Å²) >= 11 is 1.30. The lowest BCUT2D eigenvalue weighted by Crippen LogP contribution is -2.17. The van der Waals surface area contributed by atoms with Crippen LogP contribution in [0, 0.1) is 11.6 Å². The molecule has 0 fully saturated rings. The highest BCUT2D eigenvalue weighted by atomic mass is 32.2. The number of hydrogen-bond acceptors (Lipinski definition) is 6. The van der Waals surface area contributed by atoms with Crippen molar-refractivity contribution in [2.75, 3.05) is 5.32 Å². The molecule has 0 spiro atoms. The minimum absolute atomic E-state index is 0.0472. The van der Waals surface area contributed by atoms with E-state index in [1.54, 1.807) is 42.7 Å². The van der Waals surface area contributed by atoms with Crippen molar-refractivity contribution < 1.29 is 22.8 Å². The summed E-state index contributed by atoms with van der Waals surface area (Å²) in [6.45, 7) is 0. The lowest BCUT2D eigenvalue weighted by atomic mass is 10.1. The smallest absolute Gasteiger partial charge is 0.291 e. The predicted octanol–water partition coefficient (Wildman–Crippen LogP) is 4.14. The molecule has 31 heavy (non-hydrogen) atoms. The monoisotopic (exact) mass is 440 g/mol. The number of aromatic nitrogens is 2. The van der Waals surface area contributed by atoms with Gasteiger partial charge in [-0.3, -0.25) is 9.59 Å². The Bertz CT molecular complexity index is 1290. The van der Waals surface area contributed by atoms with E-state index in [1.165, 1.54) is 11.8 Å². The summed E-state index contributed by atoms with van der Waals surface area (Å²) in [5.74, 6) is -3.76. The molecule has 0 saturated heterocycles. The molecule has 0 aliphatic heterocycles. The maximum Gasteiger partial charge on any atom is 0.291 e. The Morgan fingerprint density at radius 3 is 2.55 bits per heavy atom. The Hall–Kier alpha value is -3.79. The van der Waals surface area contributed by atoms with Crippen LogP contribution in [0.5, 0.6) is 0 Å². The summed E-state index contributed by atoms with van der Waals surface area (Å²) < 4.78 is 33.6. The highest BCUT2D eigenvalue weighted by Gasteiger charge is 2.23. The maximum atomic E-state index is 14.2.